The number of carbonyl (C=O) groups is 2. The molecule has 0 heterocycles. The molecule has 28 heavy (non-hydrogen) atoms. The quantitative estimate of drug-likeness (QED) is 0.566. The first kappa shape index (κ1) is 21.6. The first-order chi connectivity index (χ1) is 13.5. The van der Waals surface area contributed by atoms with Crippen molar-refractivity contribution < 1.29 is 23.8 Å². The van der Waals surface area contributed by atoms with E-state index in [0.29, 0.717) is 28.7 Å². The molecule has 2 aromatic carbocycles. The van der Waals surface area contributed by atoms with Gasteiger partial charge in [-0.3, -0.25) is 4.79 Å². The summed E-state index contributed by atoms with van der Waals surface area (Å²) in [4.78, 5) is 25.1. The van der Waals surface area contributed by atoms with E-state index in [2.05, 4.69) is 0 Å². The van der Waals surface area contributed by atoms with E-state index in [1.165, 1.54) is 0 Å². The zero-order valence-corrected chi connectivity index (χ0v) is 16.8. The van der Waals surface area contributed by atoms with Crippen molar-refractivity contribution in [1.82, 2.24) is 4.90 Å². The molecule has 0 N–H and O–H groups in total. The third-order valence-electron chi connectivity index (χ3n) is 3.69. The Morgan fingerprint density at radius 3 is 2.36 bits per heavy atom. The van der Waals surface area contributed by atoms with Crippen LogP contribution in [0.5, 0.6) is 17.2 Å². The summed E-state index contributed by atoms with van der Waals surface area (Å²) < 4.78 is 16.3. The minimum absolute atomic E-state index is 0.123. The third-order valence-corrected chi connectivity index (χ3v) is 3.93. The molecule has 0 aliphatic heterocycles. The summed E-state index contributed by atoms with van der Waals surface area (Å²) in [6.45, 7) is 4.08. The molecule has 0 bridgehead atoms. The van der Waals surface area contributed by atoms with Gasteiger partial charge in [0, 0.05) is 11.4 Å². The van der Waals surface area contributed by atoms with Crippen LogP contribution in [0.2, 0.25) is 5.02 Å². The predicted molar refractivity (Wildman–Crippen MR) is 107 cm³/mol. The number of amides is 2. The van der Waals surface area contributed by atoms with E-state index in [1.807, 2.05) is 19.1 Å². The molecular weight excluding hydrogens is 382 g/mol. The Morgan fingerprint density at radius 1 is 1.00 bits per heavy atom. The number of rotatable bonds is 9. The smallest absolute Gasteiger partial charge is 0.416 e. The average Bonchev–Trinajstić information content (AvgIpc) is 2.67. The highest BCUT2D eigenvalue weighted by molar-refractivity contribution is 6.30. The molecule has 0 saturated carbocycles. The van der Waals surface area contributed by atoms with Crippen molar-refractivity contribution in [1.29, 1.82) is 0 Å². The third kappa shape index (κ3) is 6.78. The van der Waals surface area contributed by atoms with Crippen molar-refractivity contribution in [3.63, 3.8) is 0 Å². The Bertz CT molecular complexity index is 761. The number of hydrogen-bond acceptors (Lipinski definition) is 5. The molecule has 0 saturated heterocycles. The van der Waals surface area contributed by atoms with Crippen molar-refractivity contribution in [2.75, 3.05) is 19.8 Å². The van der Waals surface area contributed by atoms with Crippen LogP contribution in [0.3, 0.4) is 0 Å². The van der Waals surface area contributed by atoms with E-state index < -0.39 is 6.09 Å². The number of halogens is 1. The van der Waals surface area contributed by atoms with Crippen LogP contribution in [0, 0.1) is 0 Å². The lowest BCUT2D eigenvalue weighted by molar-refractivity contribution is -0.129. The van der Waals surface area contributed by atoms with E-state index in [0.717, 1.165) is 4.90 Å². The zero-order chi connectivity index (χ0) is 20.4. The number of carbonyl (C=O) groups excluding carboxylic acids is 2. The number of nitrogens with zero attached hydrogens (tertiary/aromatic N) is 1. The molecule has 0 fully saturated rings. The molecule has 0 radical (unpaired) electrons. The molecule has 0 aromatic heterocycles. The lowest BCUT2D eigenvalue weighted by Crippen LogP contribution is -2.40. The minimum Gasteiger partial charge on any atom is -0.492 e. The first-order valence-electron chi connectivity index (χ1n) is 9.17. The molecule has 0 unspecified atom stereocenters. The van der Waals surface area contributed by atoms with Gasteiger partial charge in [-0.1, -0.05) is 24.6 Å². The largest absolute Gasteiger partial charge is 0.492 e. The molecule has 2 aromatic rings. The van der Waals surface area contributed by atoms with Gasteiger partial charge >= 0.3 is 6.09 Å². The fourth-order valence-electron chi connectivity index (χ4n) is 2.39. The minimum atomic E-state index is -0.644. The van der Waals surface area contributed by atoms with Crippen LogP contribution in [-0.4, -0.2) is 36.7 Å². The molecular formula is C21H24ClNO5. The van der Waals surface area contributed by atoms with Crippen LogP contribution < -0.4 is 9.47 Å². The molecule has 150 valence electrons. The number of imide groups is 1. The standard InChI is InChI=1S/C21H24ClNO5/c1-3-6-20(24)23(21(25)26-4-2)13-14-27-17-9-11-18(12-10-17)28-19-8-5-7-16(22)15-19/h5,7-12,15H,3-4,6,13-14H2,1-2H3. The lowest BCUT2D eigenvalue weighted by atomic mass is 10.3. The van der Waals surface area contributed by atoms with Crippen molar-refractivity contribution in [2.24, 2.45) is 0 Å². The van der Waals surface area contributed by atoms with E-state index in [4.69, 9.17) is 25.8 Å². The Hall–Kier alpha value is -2.73. The molecule has 6 nitrogen and oxygen atoms in total. The summed E-state index contributed by atoms with van der Waals surface area (Å²) in [5.41, 5.74) is 0. The van der Waals surface area contributed by atoms with Crippen LogP contribution in [-0.2, 0) is 9.53 Å². The molecule has 2 rings (SSSR count). The van der Waals surface area contributed by atoms with Crippen molar-refractivity contribution >= 4 is 23.6 Å². The molecule has 0 aliphatic rings. The second kappa shape index (κ2) is 11.2. The summed E-state index contributed by atoms with van der Waals surface area (Å²) >= 11 is 5.94. The number of hydrogen-bond donors (Lipinski definition) is 0. The summed E-state index contributed by atoms with van der Waals surface area (Å²) in [6.07, 6.45) is 0.299. The molecule has 2 amide bonds. The topological polar surface area (TPSA) is 65.1 Å². The second-order valence-corrected chi connectivity index (χ2v) is 6.31. The Labute approximate surface area is 169 Å². The van der Waals surface area contributed by atoms with Crippen LogP contribution >= 0.6 is 11.6 Å². The highest BCUT2D eigenvalue weighted by Crippen LogP contribution is 2.25. The van der Waals surface area contributed by atoms with E-state index in [-0.39, 0.29) is 32.1 Å². The second-order valence-electron chi connectivity index (χ2n) is 5.87. The Kier molecular flexibility index (Phi) is 8.62. The number of ether oxygens (including phenoxy) is 3. The van der Waals surface area contributed by atoms with Gasteiger partial charge in [0.15, 0.2) is 0 Å². The molecule has 7 heteroatoms. The van der Waals surface area contributed by atoms with Gasteiger partial charge in [-0.2, -0.15) is 0 Å². The maximum absolute atomic E-state index is 12.1. The van der Waals surface area contributed by atoms with Gasteiger partial charge in [0.1, 0.15) is 23.9 Å². The van der Waals surface area contributed by atoms with Crippen molar-refractivity contribution in [3.05, 3.63) is 53.6 Å². The Morgan fingerprint density at radius 2 is 1.71 bits per heavy atom. The average molecular weight is 406 g/mol. The SMILES string of the molecule is CCCC(=O)N(CCOc1ccc(Oc2cccc(Cl)c2)cc1)C(=O)OCC. The van der Waals surface area contributed by atoms with E-state index >= 15 is 0 Å². The molecule has 0 aliphatic carbocycles. The van der Waals surface area contributed by atoms with E-state index in [9.17, 15) is 9.59 Å². The van der Waals surface area contributed by atoms with Gasteiger partial charge in [0.05, 0.1) is 13.2 Å². The van der Waals surface area contributed by atoms with Crippen LogP contribution in [0.15, 0.2) is 48.5 Å². The zero-order valence-electron chi connectivity index (χ0n) is 16.0. The maximum atomic E-state index is 12.1. The highest BCUT2D eigenvalue weighted by Gasteiger charge is 2.21. The van der Waals surface area contributed by atoms with Crippen LogP contribution in [0.4, 0.5) is 4.79 Å². The van der Waals surface area contributed by atoms with Gasteiger partial charge < -0.3 is 14.2 Å². The molecule has 0 atom stereocenters. The van der Waals surface area contributed by atoms with Crippen LogP contribution in [0.25, 0.3) is 0 Å². The first-order valence-corrected chi connectivity index (χ1v) is 9.54. The maximum Gasteiger partial charge on any atom is 0.416 e. The highest BCUT2D eigenvalue weighted by atomic mass is 35.5. The Balaban J connectivity index is 1.88. The molecule has 0 spiro atoms. The normalized spacial score (nSPS) is 10.2. The van der Waals surface area contributed by atoms with Gasteiger partial charge in [0.2, 0.25) is 5.91 Å². The van der Waals surface area contributed by atoms with Gasteiger partial charge in [-0.05, 0) is 55.8 Å². The predicted octanol–water partition coefficient (Wildman–Crippen LogP) is 5.30. The summed E-state index contributed by atoms with van der Waals surface area (Å²) in [5, 5.41) is 0.598. The fourth-order valence-corrected chi connectivity index (χ4v) is 2.57. The summed E-state index contributed by atoms with van der Waals surface area (Å²) in [6, 6.07) is 14.2. The van der Waals surface area contributed by atoms with E-state index in [1.54, 1.807) is 43.3 Å². The summed E-state index contributed by atoms with van der Waals surface area (Å²) in [7, 11) is 0. The van der Waals surface area contributed by atoms with Gasteiger partial charge in [-0.15, -0.1) is 0 Å². The van der Waals surface area contributed by atoms with Crippen molar-refractivity contribution in [2.45, 2.75) is 26.7 Å². The van der Waals surface area contributed by atoms with Crippen LogP contribution in [0.1, 0.15) is 26.7 Å². The lowest BCUT2D eigenvalue weighted by Gasteiger charge is -2.20. The van der Waals surface area contributed by atoms with Gasteiger partial charge in [0.25, 0.3) is 0 Å². The monoisotopic (exact) mass is 405 g/mol. The van der Waals surface area contributed by atoms with Gasteiger partial charge in [-0.25, -0.2) is 9.69 Å². The van der Waals surface area contributed by atoms with Crippen molar-refractivity contribution in [3.8, 4) is 17.2 Å². The number of benzene rings is 2. The fraction of sp³-hybridized carbons (Fsp3) is 0.333. The summed E-state index contributed by atoms with van der Waals surface area (Å²) in [5.74, 6) is 1.61.